The summed E-state index contributed by atoms with van der Waals surface area (Å²) in [7, 11) is -0.750. The fourth-order valence-corrected chi connectivity index (χ4v) is 2.11. The second-order valence-corrected chi connectivity index (χ2v) is 9.43. The van der Waals surface area contributed by atoms with E-state index in [0.717, 1.165) is 6.54 Å². The highest BCUT2D eigenvalue weighted by Gasteiger charge is 2.10. The van der Waals surface area contributed by atoms with Crippen LogP contribution in [-0.2, 0) is 0 Å². The van der Waals surface area contributed by atoms with Crippen LogP contribution >= 0.6 is 12.4 Å². The van der Waals surface area contributed by atoms with Crippen LogP contribution in [-0.4, -0.2) is 14.6 Å². The van der Waals surface area contributed by atoms with E-state index in [1.807, 2.05) is 0 Å². The van der Waals surface area contributed by atoms with Gasteiger partial charge in [0.2, 0.25) is 0 Å². The van der Waals surface area contributed by atoms with Crippen LogP contribution in [0.4, 0.5) is 0 Å². The van der Waals surface area contributed by atoms with Gasteiger partial charge in [0, 0.05) is 8.07 Å². The second kappa shape index (κ2) is 6.19. The Kier molecular flexibility index (Phi) is 8.11. The zero-order valence-electron chi connectivity index (χ0n) is 7.31. The molecule has 0 aromatic rings. The SMILES string of the molecule is C[Si](C)(C)CCCCN.Cl. The minimum absolute atomic E-state index is 0. The largest absolute Gasteiger partial charge is 0.330 e. The molecule has 0 saturated carbocycles. The first-order chi connectivity index (χ1) is 4.06. The van der Waals surface area contributed by atoms with E-state index in [1.54, 1.807) is 0 Å². The molecular formula is C7H20ClNSi. The molecule has 0 rings (SSSR count). The summed E-state index contributed by atoms with van der Waals surface area (Å²) in [6.45, 7) is 8.08. The van der Waals surface area contributed by atoms with Gasteiger partial charge in [-0.3, -0.25) is 0 Å². The minimum Gasteiger partial charge on any atom is -0.330 e. The number of hydrogen-bond acceptors (Lipinski definition) is 1. The molecule has 0 unspecified atom stereocenters. The summed E-state index contributed by atoms with van der Waals surface area (Å²) in [6.07, 6.45) is 2.55. The van der Waals surface area contributed by atoms with Gasteiger partial charge >= 0.3 is 0 Å². The summed E-state index contributed by atoms with van der Waals surface area (Å²) < 4.78 is 0. The summed E-state index contributed by atoms with van der Waals surface area (Å²) in [5.74, 6) is 0. The maximum Gasteiger partial charge on any atom is 0.0442 e. The standard InChI is InChI=1S/C7H19NSi.ClH/c1-9(2,3)7-5-4-6-8;/h4-8H2,1-3H3;1H. The predicted molar refractivity (Wildman–Crippen MR) is 53.7 cm³/mol. The van der Waals surface area contributed by atoms with Crippen molar-refractivity contribution in [1.82, 2.24) is 0 Å². The van der Waals surface area contributed by atoms with E-state index in [4.69, 9.17) is 5.73 Å². The Bertz CT molecular complexity index is 70.5. The van der Waals surface area contributed by atoms with E-state index in [9.17, 15) is 0 Å². The van der Waals surface area contributed by atoms with Crippen LogP contribution in [0.1, 0.15) is 12.8 Å². The third-order valence-electron chi connectivity index (χ3n) is 1.38. The summed E-state index contributed by atoms with van der Waals surface area (Å²) in [4.78, 5) is 0. The van der Waals surface area contributed by atoms with Crippen molar-refractivity contribution in [1.29, 1.82) is 0 Å². The molecule has 0 saturated heterocycles. The quantitative estimate of drug-likeness (QED) is 0.524. The number of unbranched alkanes of at least 4 members (excludes halogenated alkanes) is 1. The average Bonchev–Trinajstić information content (AvgIpc) is 1.63. The maximum absolute atomic E-state index is 5.37. The van der Waals surface area contributed by atoms with E-state index in [0.29, 0.717) is 0 Å². The van der Waals surface area contributed by atoms with Crippen molar-refractivity contribution in [2.45, 2.75) is 38.5 Å². The molecule has 0 aliphatic rings. The topological polar surface area (TPSA) is 26.0 Å². The molecule has 0 atom stereocenters. The van der Waals surface area contributed by atoms with Crippen LogP contribution in [0.5, 0.6) is 0 Å². The third kappa shape index (κ3) is 11.3. The Morgan fingerprint density at radius 1 is 1.10 bits per heavy atom. The van der Waals surface area contributed by atoms with Crippen LogP contribution in [0.2, 0.25) is 25.7 Å². The fourth-order valence-electron chi connectivity index (χ4n) is 0.800. The van der Waals surface area contributed by atoms with Gasteiger partial charge in [-0.1, -0.05) is 32.1 Å². The molecule has 10 heavy (non-hydrogen) atoms. The molecule has 0 aliphatic carbocycles. The number of nitrogens with two attached hydrogens (primary N) is 1. The van der Waals surface area contributed by atoms with Gasteiger partial charge in [-0.25, -0.2) is 0 Å². The van der Waals surface area contributed by atoms with Crippen molar-refractivity contribution in [3.8, 4) is 0 Å². The maximum atomic E-state index is 5.37. The molecule has 0 fully saturated rings. The number of rotatable bonds is 4. The van der Waals surface area contributed by atoms with Crippen molar-refractivity contribution in [3.63, 3.8) is 0 Å². The lowest BCUT2D eigenvalue weighted by atomic mass is 10.3. The van der Waals surface area contributed by atoms with Gasteiger partial charge in [0.25, 0.3) is 0 Å². The summed E-state index contributed by atoms with van der Waals surface area (Å²) in [6, 6.07) is 1.43. The number of halogens is 1. The van der Waals surface area contributed by atoms with Crippen LogP contribution in [0.3, 0.4) is 0 Å². The molecule has 3 heteroatoms. The average molecular weight is 182 g/mol. The lowest BCUT2D eigenvalue weighted by Crippen LogP contribution is -2.19. The van der Waals surface area contributed by atoms with E-state index in [-0.39, 0.29) is 12.4 Å². The molecule has 0 aliphatic heterocycles. The molecule has 1 nitrogen and oxygen atoms in total. The van der Waals surface area contributed by atoms with E-state index >= 15 is 0 Å². The first-order valence-corrected chi connectivity index (χ1v) is 7.47. The fraction of sp³-hybridized carbons (Fsp3) is 1.00. The van der Waals surface area contributed by atoms with Crippen molar-refractivity contribution in [2.75, 3.05) is 6.54 Å². The molecule has 0 radical (unpaired) electrons. The summed E-state index contributed by atoms with van der Waals surface area (Å²) >= 11 is 0. The number of hydrogen-bond donors (Lipinski definition) is 1. The summed E-state index contributed by atoms with van der Waals surface area (Å²) in [5.41, 5.74) is 5.37. The molecule has 0 aromatic carbocycles. The van der Waals surface area contributed by atoms with Gasteiger partial charge in [-0.05, 0) is 13.0 Å². The molecule has 0 amide bonds. The van der Waals surface area contributed by atoms with Gasteiger partial charge in [-0.15, -0.1) is 12.4 Å². The molecular weight excluding hydrogens is 162 g/mol. The minimum atomic E-state index is -0.750. The lowest BCUT2D eigenvalue weighted by Gasteiger charge is -2.14. The Hall–Kier alpha value is 0.467. The highest BCUT2D eigenvalue weighted by atomic mass is 35.5. The molecule has 0 spiro atoms. The smallest absolute Gasteiger partial charge is 0.0442 e. The lowest BCUT2D eigenvalue weighted by molar-refractivity contribution is 0.796. The normalized spacial score (nSPS) is 10.8. The van der Waals surface area contributed by atoms with Gasteiger partial charge in [0.15, 0.2) is 0 Å². The highest BCUT2D eigenvalue weighted by Crippen LogP contribution is 2.11. The van der Waals surface area contributed by atoms with E-state index in [2.05, 4.69) is 19.6 Å². The van der Waals surface area contributed by atoms with Gasteiger partial charge in [-0.2, -0.15) is 0 Å². The van der Waals surface area contributed by atoms with Crippen molar-refractivity contribution in [3.05, 3.63) is 0 Å². The third-order valence-corrected chi connectivity index (χ3v) is 3.23. The Morgan fingerprint density at radius 3 is 1.90 bits per heavy atom. The molecule has 0 heterocycles. The summed E-state index contributed by atoms with van der Waals surface area (Å²) in [5, 5.41) is 0. The zero-order valence-corrected chi connectivity index (χ0v) is 9.13. The van der Waals surface area contributed by atoms with Gasteiger partial charge in [0.1, 0.15) is 0 Å². The Balaban J connectivity index is 0. The second-order valence-electron chi connectivity index (χ2n) is 3.81. The molecule has 64 valence electrons. The van der Waals surface area contributed by atoms with E-state index in [1.165, 1.54) is 18.9 Å². The van der Waals surface area contributed by atoms with Crippen LogP contribution in [0.15, 0.2) is 0 Å². The highest BCUT2D eigenvalue weighted by molar-refractivity contribution is 6.76. The van der Waals surface area contributed by atoms with Crippen molar-refractivity contribution >= 4 is 20.5 Å². The molecule has 2 N–H and O–H groups in total. The van der Waals surface area contributed by atoms with Gasteiger partial charge < -0.3 is 5.73 Å². The van der Waals surface area contributed by atoms with Crippen molar-refractivity contribution in [2.24, 2.45) is 5.73 Å². The predicted octanol–water partition coefficient (Wildman–Crippen LogP) is 2.49. The van der Waals surface area contributed by atoms with Crippen LogP contribution in [0, 0.1) is 0 Å². The van der Waals surface area contributed by atoms with E-state index < -0.39 is 8.07 Å². The first kappa shape index (κ1) is 13.1. The first-order valence-electron chi connectivity index (χ1n) is 3.76. The Labute approximate surface area is 71.8 Å². The van der Waals surface area contributed by atoms with Crippen LogP contribution < -0.4 is 5.73 Å². The molecule has 0 bridgehead atoms. The zero-order chi connectivity index (χ0) is 7.33. The molecule has 0 aromatic heterocycles. The van der Waals surface area contributed by atoms with Gasteiger partial charge in [0.05, 0.1) is 0 Å². The van der Waals surface area contributed by atoms with Crippen molar-refractivity contribution < 1.29 is 0 Å². The van der Waals surface area contributed by atoms with Crippen LogP contribution in [0.25, 0.3) is 0 Å². The monoisotopic (exact) mass is 181 g/mol. The Morgan fingerprint density at radius 2 is 1.60 bits per heavy atom.